The minimum atomic E-state index is -0.310. The Morgan fingerprint density at radius 2 is 2.13 bits per heavy atom. The van der Waals surface area contributed by atoms with Gasteiger partial charge in [0, 0.05) is 17.3 Å². The van der Waals surface area contributed by atoms with Gasteiger partial charge in [0.2, 0.25) is 0 Å². The van der Waals surface area contributed by atoms with Gasteiger partial charge in [-0.25, -0.2) is 4.39 Å². The highest BCUT2D eigenvalue weighted by Crippen LogP contribution is 2.17. The monoisotopic (exact) mass is 272 g/mol. The van der Waals surface area contributed by atoms with Gasteiger partial charge in [0.05, 0.1) is 0 Å². The highest BCUT2D eigenvalue weighted by atomic mass is 79.9. The minimum Gasteiger partial charge on any atom is -0.299 e. The first kappa shape index (κ1) is 12.4. The predicted octanol–water partition coefficient (Wildman–Crippen LogP) is 3.75. The predicted molar refractivity (Wildman–Crippen MR) is 62.3 cm³/mol. The molecule has 0 aliphatic carbocycles. The normalized spacial score (nSPS) is 10.7. The molecule has 1 nitrogen and oxygen atoms in total. The summed E-state index contributed by atoms with van der Waals surface area (Å²) in [6.07, 6.45) is 0.690. The van der Waals surface area contributed by atoms with Crippen molar-refractivity contribution in [2.24, 2.45) is 5.92 Å². The maximum absolute atomic E-state index is 13.3. The molecule has 0 bridgehead atoms. The number of carbonyl (C=O) groups excluding carboxylic acids is 1. The molecule has 0 aromatic heterocycles. The number of rotatable bonds is 4. The van der Waals surface area contributed by atoms with E-state index < -0.39 is 0 Å². The van der Waals surface area contributed by atoms with Crippen LogP contribution >= 0.6 is 15.9 Å². The molecule has 0 atom stereocenters. The van der Waals surface area contributed by atoms with Crippen molar-refractivity contribution >= 4 is 21.7 Å². The zero-order valence-electron chi connectivity index (χ0n) is 8.89. The quantitative estimate of drug-likeness (QED) is 0.816. The van der Waals surface area contributed by atoms with Crippen LogP contribution in [-0.2, 0) is 11.2 Å². The number of Topliss-reactive ketones (excluding diaryl/α,β-unsaturated/α-hetero) is 1. The van der Waals surface area contributed by atoms with E-state index in [0.717, 1.165) is 4.47 Å². The third kappa shape index (κ3) is 4.12. The maximum Gasteiger partial charge on any atom is 0.137 e. The van der Waals surface area contributed by atoms with E-state index in [1.807, 2.05) is 13.8 Å². The third-order valence-electron chi connectivity index (χ3n) is 2.03. The van der Waals surface area contributed by atoms with Gasteiger partial charge in [-0.1, -0.05) is 29.8 Å². The Labute approximate surface area is 97.8 Å². The van der Waals surface area contributed by atoms with Crippen LogP contribution in [0.25, 0.3) is 0 Å². The van der Waals surface area contributed by atoms with Crippen LogP contribution in [0.3, 0.4) is 0 Å². The summed E-state index contributed by atoms with van der Waals surface area (Å²) in [5, 5.41) is 0. The molecular weight excluding hydrogens is 259 g/mol. The number of benzene rings is 1. The molecule has 0 aliphatic rings. The van der Waals surface area contributed by atoms with E-state index in [9.17, 15) is 9.18 Å². The number of hydrogen-bond donors (Lipinski definition) is 0. The molecule has 0 aliphatic heterocycles. The summed E-state index contributed by atoms with van der Waals surface area (Å²) in [5.74, 6) is 0.102. The summed E-state index contributed by atoms with van der Waals surface area (Å²) in [4.78, 5) is 11.5. The zero-order chi connectivity index (χ0) is 11.4. The lowest BCUT2D eigenvalue weighted by molar-refractivity contribution is -0.119. The highest BCUT2D eigenvalue weighted by Gasteiger charge is 2.10. The Bertz CT molecular complexity index is 361. The lowest BCUT2D eigenvalue weighted by atomic mass is 10.0. The Balaban J connectivity index is 2.71. The van der Waals surface area contributed by atoms with Crippen molar-refractivity contribution in [3.05, 3.63) is 34.1 Å². The summed E-state index contributed by atoms with van der Waals surface area (Å²) in [6.45, 7) is 3.96. The van der Waals surface area contributed by atoms with Gasteiger partial charge in [-0.15, -0.1) is 0 Å². The lowest BCUT2D eigenvalue weighted by Gasteiger charge is -2.05. The van der Waals surface area contributed by atoms with Crippen LogP contribution in [0.2, 0.25) is 0 Å². The fourth-order valence-electron chi connectivity index (χ4n) is 1.42. The van der Waals surface area contributed by atoms with E-state index >= 15 is 0 Å². The number of halogens is 2. The van der Waals surface area contributed by atoms with Gasteiger partial charge in [-0.05, 0) is 29.7 Å². The summed E-state index contributed by atoms with van der Waals surface area (Å²) in [7, 11) is 0. The molecule has 0 radical (unpaired) electrons. The van der Waals surface area contributed by atoms with Crippen LogP contribution in [0.15, 0.2) is 22.7 Å². The molecule has 0 heterocycles. The van der Waals surface area contributed by atoms with Crippen molar-refractivity contribution in [1.82, 2.24) is 0 Å². The van der Waals surface area contributed by atoms with Gasteiger partial charge in [0.1, 0.15) is 11.6 Å². The van der Waals surface area contributed by atoms with Crippen molar-refractivity contribution in [2.75, 3.05) is 0 Å². The lowest BCUT2D eigenvalue weighted by Crippen LogP contribution is -2.07. The van der Waals surface area contributed by atoms with E-state index in [1.54, 1.807) is 12.1 Å². The first-order valence-corrected chi connectivity index (χ1v) is 5.74. The van der Waals surface area contributed by atoms with Gasteiger partial charge >= 0.3 is 0 Å². The molecule has 0 saturated heterocycles. The number of ketones is 1. The second-order valence-electron chi connectivity index (χ2n) is 4.05. The number of hydrogen-bond acceptors (Lipinski definition) is 1. The van der Waals surface area contributed by atoms with Gasteiger partial charge in [-0.2, -0.15) is 0 Å². The molecule has 82 valence electrons. The van der Waals surface area contributed by atoms with Crippen molar-refractivity contribution in [2.45, 2.75) is 26.7 Å². The Kier molecular flexibility index (Phi) is 4.45. The fourth-order valence-corrected chi connectivity index (χ4v) is 1.83. The van der Waals surface area contributed by atoms with Crippen LogP contribution in [-0.4, -0.2) is 5.78 Å². The van der Waals surface area contributed by atoms with Crippen molar-refractivity contribution < 1.29 is 9.18 Å². The van der Waals surface area contributed by atoms with Gasteiger partial charge in [-0.3, -0.25) is 4.79 Å². The second kappa shape index (κ2) is 5.40. The van der Waals surface area contributed by atoms with Crippen LogP contribution in [0.5, 0.6) is 0 Å². The molecule has 0 fully saturated rings. The van der Waals surface area contributed by atoms with Crippen molar-refractivity contribution in [1.29, 1.82) is 0 Å². The molecule has 1 aromatic carbocycles. The molecular formula is C12H14BrFO. The van der Waals surface area contributed by atoms with E-state index in [1.165, 1.54) is 6.07 Å². The minimum absolute atomic E-state index is 0.0852. The molecule has 3 heteroatoms. The van der Waals surface area contributed by atoms with Gasteiger partial charge in [0.25, 0.3) is 0 Å². The first-order valence-electron chi connectivity index (χ1n) is 4.94. The SMILES string of the molecule is CC(C)CC(=O)Cc1cc(Br)ccc1F. The average Bonchev–Trinajstić information content (AvgIpc) is 2.10. The Hall–Kier alpha value is -0.700. The molecule has 0 spiro atoms. The molecule has 0 N–H and O–H groups in total. The van der Waals surface area contributed by atoms with Crippen molar-refractivity contribution in [3.8, 4) is 0 Å². The molecule has 1 aromatic rings. The second-order valence-corrected chi connectivity index (χ2v) is 4.96. The number of carbonyl (C=O) groups is 1. The van der Waals surface area contributed by atoms with Crippen LogP contribution in [0.4, 0.5) is 4.39 Å². The standard InChI is InChI=1S/C12H14BrFO/c1-8(2)5-11(15)7-9-6-10(13)3-4-12(9)14/h3-4,6,8H,5,7H2,1-2H3. The topological polar surface area (TPSA) is 17.1 Å². The van der Waals surface area contributed by atoms with Crippen LogP contribution in [0.1, 0.15) is 25.8 Å². The molecule has 15 heavy (non-hydrogen) atoms. The smallest absolute Gasteiger partial charge is 0.137 e. The highest BCUT2D eigenvalue weighted by molar-refractivity contribution is 9.10. The maximum atomic E-state index is 13.3. The largest absolute Gasteiger partial charge is 0.299 e. The molecule has 0 unspecified atom stereocenters. The van der Waals surface area contributed by atoms with E-state index in [4.69, 9.17) is 0 Å². The van der Waals surface area contributed by atoms with E-state index in [-0.39, 0.29) is 18.0 Å². The van der Waals surface area contributed by atoms with Gasteiger partial charge < -0.3 is 0 Å². The third-order valence-corrected chi connectivity index (χ3v) is 2.52. The average molecular weight is 273 g/mol. The molecule has 1 rings (SSSR count). The summed E-state index contributed by atoms with van der Waals surface area (Å²) in [5.41, 5.74) is 0.468. The van der Waals surface area contributed by atoms with Crippen LogP contribution in [0, 0.1) is 11.7 Å². The Morgan fingerprint density at radius 1 is 1.47 bits per heavy atom. The summed E-state index contributed by atoms with van der Waals surface area (Å²) < 4.78 is 14.1. The van der Waals surface area contributed by atoms with E-state index in [2.05, 4.69) is 15.9 Å². The zero-order valence-corrected chi connectivity index (χ0v) is 10.5. The van der Waals surface area contributed by atoms with Crippen LogP contribution < -0.4 is 0 Å². The van der Waals surface area contributed by atoms with Gasteiger partial charge in [0.15, 0.2) is 0 Å². The first-order chi connectivity index (χ1) is 6.99. The molecule has 0 amide bonds. The Morgan fingerprint density at radius 3 is 2.73 bits per heavy atom. The summed E-state index contributed by atoms with van der Waals surface area (Å²) in [6, 6.07) is 4.67. The van der Waals surface area contributed by atoms with Crippen molar-refractivity contribution in [3.63, 3.8) is 0 Å². The van der Waals surface area contributed by atoms with E-state index in [0.29, 0.717) is 17.9 Å². The molecule has 0 saturated carbocycles. The summed E-state index contributed by atoms with van der Waals surface area (Å²) >= 11 is 3.26. The fraction of sp³-hybridized carbons (Fsp3) is 0.417.